The molecule has 0 saturated carbocycles. The predicted molar refractivity (Wildman–Crippen MR) is 96.1 cm³/mol. The molecule has 1 atom stereocenters. The Morgan fingerprint density at radius 1 is 1.17 bits per heavy atom. The van der Waals surface area contributed by atoms with Gasteiger partial charge in [0.25, 0.3) is 0 Å². The van der Waals surface area contributed by atoms with Crippen LogP contribution in [0.1, 0.15) is 12.5 Å². The number of aliphatic imine (C=N–C) groups is 1. The monoisotopic (exact) mass is 357 g/mol. The van der Waals surface area contributed by atoms with Gasteiger partial charge in [-0.1, -0.05) is 53.2 Å². The fourth-order valence-electron chi connectivity index (χ4n) is 1.72. The van der Waals surface area contributed by atoms with Crippen molar-refractivity contribution in [1.82, 2.24) is 5.32 Å². The number of hydrogen-bond acceptors (Lipinski definition) is 3. The summed E-state index contributed by atoms with van der Waals surface area (Å²) in [6.07, 6.45) is 1.70. The Bertz CT molecular complexity index is 833. The zero-order chi connectivity index (χ0) is 17.4. The van der Waals surface area contributed by atoms with Crippen LogP contribution in [0.5, 0.6) is 5.75 Å². The average molecular weight is 358 g/mol. The van der Waals surface area contributed by atoms with Crippen molar-refractivity contribution in [2.75, 3.05) is 0 Å². The van der Waals surface area contributed by atoms with Gasteiger partial charge in [-0.2, -0.15) is 5.26 Å². The molecule has 0 heterocycles. The largest absolute Gasteiger partial charge is 0.425 e. The molecule has 120 valence electrons. The number of nitrogens with zero attached hydrogens (tertiary/aromatic N) is 2. The minimum absolute atomic E-state index is 0.0830. The van der Waals surface area contributed by atoms with E-state index >= 15 is 0 Å². The Hall–Kier alpha value is -2.66. The second-order valence-corrected chi connectivity index (χ2v) is 5.51. The first kappa shape index (κ1) is 17.7. The van der Waals surface area contributed by atoms with Gasteiger partial charge in [0, 0.05) is 5.56 Å². The van der Waals surface area contributed by atoms with E-state index in [0.29, 0.717) is 15.8 Å². The number of para-hydroxylation sites is 1. The summed E-state index contributed by atoms with van der Waals surface area (Å²) in [5, 5.41) is 12.6. The molecule has 0 aliphatic heterocycles. The first-order valence-electron chi connectivity index (χ1n) is 7.01. The molecule has 1 unspecified atom stereocenters. The lowest BCUT2D eigenvalue weighted by Crippen LogP contribution is -2.35. The Morgan fingerprint density at radius 3 is 2.58 bits per heavy atom. The molecule has 2 rings (SSSR count). The third kappa shape index (κ3) is 5.52. The van der Waals surface area contributed by atoms with Gasteiger partial charge in [0.2, 0.25) is 6.19 Å². The molecule has 0 aliphatic rings. The number of nitrogens with one attached hydrogen (secondary N) is 1. The van der Waals surface area contributed by atoms with Crippen LogP contribution in [0.4, 0.5) is 0 Å². The van der Waals surface area contributed by atoms with E-state index in [4.69, 9.17) is 33.2 Å². The lowest BCUT2D eigenvalue weighted by molar-refractivity contribution is 0.510. The van der Waals surface area contributed by atoms with Crippen LogP contribution >= 0.6 is 23.2 Å². The highest BCUT2D eigenvalue weighted by Gasteiger charge is 2.06. The van der Waals surface area contributed by atoms with Gasteiger partial charge in [0.15, 0.2) is 0 Å². The number of ether oxygens (including phenoxy) is 1. The Kier molecular flexibility index (Phi) is 6.51. The highest BCUT2D eigenvalue weighted by atomic mass is 35.5. The van der Waals surface area contributed by atoms with E-state index in [-0.39, 0.29) is 12.1 Å². The molecule has 0 aliphatic carbocycles. The second-order valence-electron chi connectivity index (χ2n) is 4.70. The Labute approximate surface area is 150 Å². The minimum Gasteiger partial charge on any atom is -0.425 e. The highest BCUT2D eigenvalue weighted by Crippen LogP contribution is 2.22. The zero-order valence-electron chi connectivity index (χ0n) is 12.8. The maximum absolute atomic E-state index is 8.77. The normalized spacial score (nSPS) is 11.7. The maximum atomic E-state index is 8.77. The van der Waals surface area contributed by atoms with E-state index in [1.54, 1.807) is 36.5 Å². The van der Waals surface area contributed by atoms with E-state index in [2.05, 4.69) is 22.2 Å². The van der Waals surface area contributed by atoms with Crippen LogP contribution in [0.25, 0.3) is 0 Å². The van der Waals surface area contributed by atoms with Crippen molar-refractivity contribution >= 4 is 29.2 Å². The van der Waals surface area contributed by atoms with Crippen LogP contribution in [-0.4, -0.2) is 12.1 Å². The van der Waals surface area contributed by atoms with Crippen LogP contribution in [0.15, 0.2) is 53.5 Å². The molecule has 6 heteroatoms. The van der Waals surface area contributed by atoms with Gasteiger partial charge in [-0.05, 0) is 37.3 Å². The number of halogens is 2. The first-order valence-corrected chi connectivity index (χ1v) is 7.77. The van der Waals surface area contributed by atoms with Crippen molar-refractivity contribution in [1.29, 1.82) is 5.26 Å². The minimum atomic E-state index is -0.296. The molecule has 2 aromatic carbocycles. The molecule has 0 amide bonds. The van der Waals surface area contributed by atoms with Gasteiger partial charge in [0.1, 0.15) is 5.75 Å². The summed E-state index contributed by atoms with van der Waals surface area (Å²) in [4.78, 5) is 3.62. The van der Waals surface area contributed by atoms with Gasteiger partial charge in [-0.25, -0.2) is 0 Å². The number of hydrogen-bond donors (Lipinski definition) is 1. The van der Waals surface area contributed by atoms with Crippen LogP contribution in [0.2, 0.25) is 10.0 Å². The summed E-state index contributed by atoms with van der Waals surface area (Å²) in [5.74, 6) is 6.53. The predicted octanol–water partition coefficient (Wildman–Crippen LogP) is 4.24. The van der Waals surface area contributed by atoms with Crippen molar-refractivity contribution < 1.29 is 4.74 Å². The lowest BCUT2D eigenvalue weighted by atomic mass is 10.2. The van der Waals surface area contributed by atoms with E-state index in [9.17, 15) is 0 Å². The fraction of sp³-hybridized carbons (Fsp3) is 0.111. The molecule has 0 bridgehead atoms. The number of amidine groups is 1. The SMILES string of the molecule is CC(C#Cc1ccc(Cl)c(Cl)c1)NC(=NC#N)Oc1ccccc1. The molecule has 0 aromatic heterocycles. The van der Waals surface area contributed by atoms with Gasteiger partial charge >= 0.3 is 6.02 Å². The molecule has 0 saturated heterocycles. The summed E-state index contributed by atoms with van der Waals surface area (Å²) in [6, 6.07) is 14.0. The van der Waals surface area contributed by atoms with E-state index in [1.165, 1.54) is 0 Å². The summed E-state index contributed by atoms with van der Waals surface area (Å²) in [6.45, 7) is 1.83. The smallest absolute Gasteiger partial charge is 0.306 e. The maximum Gasteiger partial charge on any atom is 0.306 e. The molecule has 1 N–H and O–H groups in total. The van der Waals surface area contributed by atoms with E-state index in [1.807, 2.05) is 25.1 Å². The zero-order valence-corrected chi connectivity index (χ0v) is 14.3. The summed E-state index contributed by atoms with van der Waals surface area (Å²) in [7, 11) is 0. The molecule has 0 fully saturated rings. The molecule has 24 heavy (non-hydrogen) atoms. The van der Waals surface area contributed by atoms with Crippen LogP contribution in [0.3, 0.4) is 0 Å². The van der Waals surface area contributed by atoms with Gasteiger partial charge in [0.05, 0.1) is 16.1 Å². The van der Waals surface area contributed by atoms with E-state index in [0.717, 1.165) is 5.56 Å². The number of rotatable bonds is 2. The standard InChI is InChI=1S/C18H13Cl2N3O/c1-13(7-8-14-9-10-16(19)17(20)11-14)23-18(22-12-21)24-15-5-3-2-4-6-15/h2-6,9-11,13H,1H3,(H,22,23). The fourth-order valence-corrected chi connectivity index (χ4v) is 2.01. The summed E-state index contributed by atoms with van der Waals surface area (Å²) in [5.41, 5.74) is 0.737. The topological polar surface area (TPSA) is 57.4 Å². The second kappa shape index (κ2) is 8.84. The van der Waals surface area contributed by atoms with Gasteiger partial charge < -0.3 is 10.1 Å². The summed E-state index contributed by atoms with van der Waals surface area (Å²) >= 11 is 11.8. The van der Waals surface area contributed by atoms with Crippen molar-refractivity contribution in [2.45, 2.75) is 13.0 Å². The van der Waals surface area contributed by atoms with Gasteiger partial charge in [-0.15, -0.1) is 4.99 Å². The molecular formula is C18H13Cl2N3O. The van der Waals surface area contributed by atoms with Crippen LogP contribution in [0, 0.1) is 23.3 Å². The Balaban J connectivity index is 2.05. The van der Waals surface area contributed by atoms with Crippen LogP contribution < -0.4 is 10.1 Å². The van der Waals surface area contributed by atoms with Crippen molar-refractivity contribution in [3.63, 3.8) is 0 Å². The first-order chi connectivity index (χ1) is 11.6. The number of nitriles is 1. The van der Waals surface area contributed by atoms with E-state index < -0.39 is 0 Å². The molecule has 4 nitrogen and oxygen atoms in total. The third-order valence-electron chi connectivity index (χ3n) is 2.80. The lowest BCUT2D eigenvalue weighted by Gasteiger charge is -2.11. The third-order valence-corrected chi connectivity index (χ3v) is 3.54. The molecule has 0 spiro atoms. The Morgan fingerprint density at radius 2 is 1.92 bits per heavy atom. The number of benzene rings is 2. The van der Waals surface area contributed by atoms with Gasteiger partial charge in [-0.3, -0.25) is 0 Å². The quantitative estimate of drug-likeness (QED) is 0.378. The van der Waals surface area contributed by atoms with Crippen LogP contribution in [-0.2, 0) is 0 Å². The molecular weight excluding hydrogens is 345 g/mol. The summed E-state index contributed by atoms with van der Waals surface area (Å²) < 4.78 is 5.52. The highest BCUT2D eigenvalue weighted by molar-refractivity contribution is 6.42. The molecule has 0 radical (unpaired) electrons. The van der Waals surface area contributed by atoms with Crippen molar-refractivity contribution in [3.05, 3.63) is 64.1 Å². The molecule has 2 aromatic rings. The average Bonchev–Trinajstić information content (AvgIpc) is 2.57. The van der Waals surface area contributed by atoms with Crippen molar-refractivity contribution in [2.24, 2.45) is 4.99 Å². The van der Waals surface area contributed by atoms with Crippen molar-refractivity contribution in [3.8, 4) is 23.8 Å².